The molecule has 1 aromatic heterocycles. The number of aryl methyl sites for hydroxylation is 1. The maximum atomic E-state index is 12.2. The van der Waals surface area contributed by atoms with E-state index in [1.54, 1.807) is 0 Å². The van der Waals surface area contributed by atoms with Crippen molar-refractivity contribution in [3.63, 3.8) is 0 Å². The number of fused-ring (bicyclic) bond motifs is 2. The number of ketones is 1. The molecule has 1 heterocycles. The molecule has 10 heteroatoms. The zero-order chi connectivity index (χ0) is 27.3. The zero-order valence-electron chi connectivity index (χ0n) is 23.7. The van der Waals surface area contributed by atoms with Gasteiger partial charge >= 0.3 is 5.97 Å². The molecule has 0 bridgehead atoms. The van der Waals surface area contributed by atoms with Crippen LogP contribution in [0.5, 0.6) is 0 Å². The molecule has 0 aromatic carbocycles. The summed E-state index contributed by atoms with van der Waals surface area (Å²) in [5.41, 5.74) is 2.28. The van der Waals surface area contributed by atoms with E-state index < -0.39 is 0 Å². The maximum Gasteiger partial charge on any atom is 0.305 e. The SMILES string of the molecule is CC(C)OCCOCCCC(=O)OCC1C2CCc3nnn(CCOCCOCC(=O)C(C)C)c3CCC21. The Kier molecular flexibility index (Phi) is 13.1. The minimum Gasteiger partial charge on any atom is -0.465 e. The molecule has 0 amide bonds. The van der Waals surface area contributed by atoms with E-state index in [1.807, 2.05) is 32.4 Å². The van der Waals surface area contributed by atoms with Gasteiger partial charge in [0.1, 0.15) is 6.61 Å². The standard InChI is InChI=1S/C28H47N3O7/c1-20(2)27(32)19-36-15-14-35-13-11-31-26-10-8-23-22(7-9-25(26)29-30-31)24(23)18-38-28(33)6-5-12-34-16-17-37-21(3)4/h20-24H,5-19H2,1-4H3. The van der Waals surface area contributed by atoms with E-state index in [-0.39, 0.29) is 30.4 Å². The minimum atomic E-state index is -0.135. The number of Topliss-reactive ketones (excluding diaryl/α,β-unsaturated/α-hetero) is 1. The van der Waals surface area contributed by atoms with E-state index in [4.69, 9.17) is 23.7 Å². The lowest BCUT2D eigenvalue weighted by molar-refractivity contribution is -0.144. The van der Waals surface area contributed by atoms with Crippen molar-refractivity contribution in [2.45, 2.75) is 78.9 Å². The van der Waals surface area contributed by atoms with Crippen LogP contribution in [0.2, 0.25) is 0 Å². The van der Waals surface area contributed by atoms with Crippen molar-refractivity contribution < 1.29 is 33.3 Å². The number of ether oxygens (including phenoxy) is 5. The fourth-order valence-electron chi connectivity index (χ4n) is 4.99. The Morgan fingerprint density at radius 3 is 2.39 bits per heavy atom. The van der Waals surface area contributed by atoms with Crippen molar-refractivity contribution in [1.82, 2.24) is 15.0 Å². The van der Waals surface area contributed by atoms with Gasteiger partial charge in [0.25, 0.3) is 0 Å². The molecule has 2 aliphatic rings. The molecule has 1 saturated carbocycles. The van der Waals surface area contributed by atoms with Gasteiger partial charge in [0.2, 0.25) is 0 Å². The Hall–Kier alpha value is -1.88. The van der Waals surface area contributed by atoms with E-state index in [0.717, 1.165) is 31.4 Å². The van der Waals surface area contributed by atoms with Gasteiger partial charge in [-0.2, -0.15) is 0 Å². The molecule has 0 aliphatic heterocycles. The van der Waals surface area contributed by atoms with Crippen molar-refractivity contribution in [3.8, 4) is 0 Å². The van der Waals surface area contributed by atoms with Gasteiger partial charge in [-0.05, 0) is 63.7 Å². The number of carbonyl (C=O) groups excluding carboxylic acids is 2. The summed E-state index contributed by atoms with van der Waals surface area (Å²) in [5, 5.41) is 8.79. The summed E-state index contributed by atoms with van der Waals surface area (Å²) in [5.74, 6) is 1.63. The summed E-state index contributed by atoms with van der Waals surface area (Å²) in [4.78, 5) is 23.7. The summed E-state index contributed by atoms with van der Waals surface area (Å²) >= 11 is 0. The van der Waals surface area contributed by atoms with Crippen molar-refractivity contribution in [2.75, 3.05) is 52.9 Å². The van der Waals surface area contributed by atoms with Crippen LogP contribution in [0.25, 0.3) is 0 Å². The zero-order valence-corrected chi connectivity index (χ0v) is 23.7. The summed E-state index contributed by atoms with van der Waals surface area (Å²) in [6.07, 6.45) is 5.25. The first-order valence-corrected chi connectivity index (χ1v) is 14.3. The average molecular weight is 538 g/mol. The van der Waals surface area contributed by atoms with Gasteiger partial charge in [0, 0.05) is 18.9 Å². The second-order valence-electron chi connectivity index (χ2n) is 10.9. The fraction of sp³-hybridized carbons (Fsp3) is 0.857. The van der Waals surface area contributed by atoms with Gasteiger partial charge < -0.3 is 23.7 Å². The van der Waals surface area contributed by atoms with Crippen LogP contribution in [0.3, 0.4) is 0 Å². The second-order valence-corrected chi connectivity index (χ2v) is 10.9. The first kappa shape index (κ1) is 30.7. The molecule has 0 spiro atoms. The molecule has 216 valence electrons. The highest BCUT2D eigenvalue weighted by atomic mass is 16.5. The lowest BCUT2D eigenvalue weighted by Gasteiger charge is -2.11. The van der Waals surface area contributed by atoms with Crippen LogP contribution in [0.15, 0.2) is 0 Å². The predicted molar refractivity (Wildman–Crippen MR) is 141 cm³/mol. The van der Waals surface area contributed by atoms with E-state index in [1.165, 1.54) is 5.69 Å². The molecule has 10 nitrogen and oxygen atoms in total. The van der Waals surface area contributed by atoms with Gasteiger partial charge in [-0.3, -0.25) is 9.59 Å². The molecule has 3 unspecified atom stereocenters. The predicted octanol–water partition coefficient (Wildman–Crippen LogP) is 3.04. The third-order valence-electron chi connectivity index (χ3n) is 7.35. The van der Waals surface area contributed by atoms with E-state index in [9.17, 15) is 9.59 Å². The number of hydrogen-bond donors (Lipinski definition) is 0. The highest BCUT2D eigenvalue weighted by Crippen LogP contribution is 2.52. The first-order chi connectivity index (χ1) is 18.4. The summed E-state index contributed by atoms with van der Waals surface area (Å²) < 4.78 is 29.5. The summed E-state index contributed by atoms with van der Waals surface area (Å²) in [6.45, 7) is 12.1. The number of aromatic nitrogens is 3. The van der Waals surface area contributed by atoms with Crippen molar-refractivity contribution in [1.29, 1.82) is 0 Å². The largest absolute Gasteiger partial charge is 0.465 e. The molecular formula is C28H47N3O7. The normalized spacial score (nSPS) is 20.6. The molecule has 38 heavy (non-hydrogen) atoms. The minimum absolute atomic E-state index is 0.00465. The highest BCUT2D eigenvalue weighted by molar-refractivity contribution is 5.81. The number of hydrogen-bond acceptors (Lipinski definition) is 9. The van der Waals surface area contributed by atoms with Crippen molar-refractivity contribution in [3.05, 3.63) is 11.4 Å². The van der Waals surface area contributed by atoms with Gasteiger partial charge in [0.05, 0.1) is 63.7 Å². The monoisotopic (exact) mass is 537 g/mol. The number of esters is 1. The van der Waals surface area contributed by atoms with Gasteiger partial charge in [-0.25, -0.2) is 4.68 Å². The molecular weight excluding hydrogens is 490 g/mol. The van der Waals surface area contributed by atoms with Crippen LogP contribution < -0.4 is 0 Å². The number of carbonyl (C=O) groups is 2. The third-order valence-corrected chi connectivity index (χ3v) is 7.35. The lowest BCUT2D eigenvalue weighted by atomic mass is 10.0. The average Bonchev–Trinajstić information content (AvgIpc) is 3.38. The van der Waals surface area contributed by atoms with E-state index in [2.05, 4.69) is 10.3 Å². The molecule has 0 N–H and O–H groups in total. The molecule has 0 saturated heterocycles. The Morgan fingerprint density at radius 2 is 1.63 bits per heavy atom. The van der Waals surface area contributed by atoms with Crippen LogP contribution >= 0.6 is 0 Å². The topological polar surface area (TPSA) is 111 Å². The fourth-order valence-corrected chi connectivity index (χ4v) is 4.99. The van der Waals surface area contributed by atoms with Crippen LogP contribution in [0.4, 0.5) is 0 Å². The van der Waals surface area contributed by atoms with Crippen LogP contribution in [-0.2, 0) is 52.7 Å². The molecule has 3 rings (SSSR count). The van der Waals surface area contributed by atoms with Crippen molar-refractivity contribution >= 4 is 11.8 Å². The van der Waals surface area contributed by atoms with Gasteiger partial charge in [-0.15, -0.1) is 5.10 Å². The number of rotatable bonds is 19. The van der Waals surface area contributed by atoms with Crippen LogP contribution in [0.1, 0.15) is 64.8 Å². The molecule has 1 fully saturated rings. The third kappa shape index (κ3) is 10.4. The van der Waals surface area contributed by atoms with Crippen LogP contribution in [0, 0.1) is 23.7 Å². The summed E-state index contributed by atoms with van der Waals surface area (Å²) in [6, 6.07) is 0. The number of nitrogens with zero attached hydrogens (tertiary/aromatic N) is 3. The van der Waals surface area contributed by atoms with Gasteiger partial charge in [0.15, 0.2) is 5.78 Å². The molecule has 2 aliphatic carbocycles. The first-order valence-electron chi connectivity index (χ1n) is 14.3. The molecule has 1 aromatic rings. The van der Waals surface area contributed by atoms with E-state index >= 15 is 0 Å². The Labute approximate surface area is 227 Å². The summed E-state index contributed by atoms with van der Waals surface area (Å²) in [7, 11) is 0. The Morgan fingerprint density at radius 1 is 0.921 bits per heavy atom. The molecule has 3 atom stereocenters. The van der Waals surface area contributed by atoms with Gasteiger partial charge in [-0.1, -0.05) is 19.1 Å². The van der Waals surface area contributed by atoms with Crippen molar-refractivity contribution in [2.24, 2.45) is 23.7 Å². The Balaban J connectivity index is 1.27. The van der Waals surface area contributed by atoms with Crippen LogP contribution in [-0.4, -0.2) is 85.7 Å². The second kappa shape index (κ2) is 16.3. The quantitative estimate of drug-likeness (QED) is 0.194. The lowest BCUT2D eigenvalue weighted by Crippen LogP contribution is -2.18. The van der Waals surface area contributed by atoms with E-state index in [0.29, 0.717) is 83.4 Å². The molecule has 0 radical (unpaired) electrons. The smallest absolute Gasteiger partial charge is 0.305 e. The highest BCUT2D eigenvalue weighted by Gasteiger charge is 2.50. The maximum absolute atomic E-state index is 12.2. The Bertz CT molecular complexity index is 858.